The monoisotopic (exact) mass is 323 g/mol. The van der Waals surface area contributed by atoms with Crippen LogP contribution < -0.4 is 10.1 Å². The average Bonchev–Trinajstić information content (AvgIpc) is 2.91. The van der Waals surface area contributed by atoms with Gasteiger partial charge in [-0.15, -0.1) is 10.2 Å². The number of thioether (sulfide) groups is 1. The van der Waals surface area contributed by atoms with Gasteiger partial charge < -0.3 is 10.1 Å². The Morgan fingerprint density at radius 2 is 1.90 bits per heavy atom. The molecule has 0 saturated heterocycles. The van der Waals surface area contributed by atoms with Crippen molar-refractivity contribution < 1.29 is 4.74 Å². The van der Waals surface area contributed by atoms with E-state index in [2.05, 4.69) is 48.4 Å². The van der Waals surface area contributed by atoms with Crippen molar-refractivity contribution in [1.29, 1.82) is 0 Å². The van der Waals surface area contributed by atoms with Crippen molar-refractivity contribution in [3.05, 3.63) is 29.8 Å². The molecule has 114 valence electrons. The van der Waals surface area contributed by atoms with E-state index in [9.17, 15) is 0 Å². The lowest BCUT2D eigenvalue weighted by atomic mass is 9.87. The lowest BCUT2D eigenvalue weighted by molar-refractivity contribution is 0.343. The van der Waals surface area contributed by atoms with Crippen molar-refractivity contribution in [3.8, 4) is 5.75 Å². The van der Waals surface area contributed by atoms with Gasteiger partial charge >= 0.3 is 0 Å². The molecule has 1 aromatic carbocycles. The summed E-state index contributed by atoms with van der Waals surface area (Å²) < 4.78 is 6.71. The minimum absolute atomic E-state index is 0.178. The second-order valence-corrected chi connectivity index (χ2v) is 7.91. The first-order chi connectivity index (χ1) is 9.99. The van der Waals surface area contributed by atoms with Gasteiger partial charge in [0, 0.05) is 12.8 Å². The maximum atomic E-state index is 5.75. The first-order valence-corrected chi connectivity index (χ1v) is 8.66. The number of aromatic nitrogens is 2. The van der Waals surface area contributed by atoms with Crippen molar-refractivity contribution >= 4 is 28.2 Å². The largest absolute Gasteiger partial charge is 0.493 e. The maximum absolute atomic E-state index is 5.75. The van der Waals surface area contributed by atoms with Crippen LogP contribution in [0.1, 0.15) is 26.3 Å². The lowest BCUT2D eigenvalue weighted by Crippen LogP contribution is -2.10. The van der Waals surface area contributed by atoms with Crippen LogP contribution in [0.2, 0.25) is 0 Å². The van der Waals surface area contributed by atoms with Gasteiger partial charge in [-0.2, -0.15) is 0 Å². The quantitative estimate of drug-likeness (QED) is 0.642. The molecule has 2 rings (SSSR count). The van der Waals surface area contributed by atoms with Crippen molar-refractivity contribution in [2.45, 2.75) is 30.5 Å². The minimum atomic E-state index is 0.178. The molecule has 4 nitrogen and oxygen atoms in total. The van der Waals surface area contributed by atoms with E-state index < -0.39 is 0 Å². The number of rotatable bonds is 6. The molecule has 0 atom stereocenters. The fourth-order valence-corrected chi connectivity index (χ4v) is 3.30. The third-order valence-electron chi connectivity index (χ3n) is 2.92. The highest BCUT2D eigenvalue weighted by Gasteiger charge is 2.12. The highest BCUT2D eigenvalue weighted by Crippen LogP contribution is 2.26. The molecule has 21 heavy (non-hydrogen) atoms. The Labute approximate surface area is 134 Å². The summed E-state index contributed by atoms with van der Waals surface area (Å²) >= 11 is 3.22. The summed E-state index contributed by atoms with van der Waals surface area (Å²) in [4.78, 5) is 0. The molecule has 0 radical (unpaired) electrons. The van der Waals surface area contributed by atoms with E-state index in [0.29, 0.717) is 6.61 Å². The summed E-state index contributed by atoms with van der Waals surface area (Å²) in [7, 11) is 1.85. The van der Waals surface area contributed by atoms with Crippen LogP contribution in [0.15, 0.2) is 28.6 Å². The standard InChI is InChI=1S/C15H21N3OS2/c1-15(2,3)11-5-7-12(8-6-11)19-9-10-20-14-18-17-13(16-4)21-14/h5-8H,9-10H2,1-4H3,(H,16,17). The molecule has 2 aromatic rings. The van der Waals surface area contributed by atoms with Gasteiger partial charge in [-0.05, 0) is 23.1 Å². The van der Waals surface area contributed by atoms with Crippen LogP contribution in [-0.4, -0.2) is 29.6 Å². The number of hydrogen-bond donors (Lipinski definition) is 1. The van der Waals surface area contributed by atoms with E-state index in [1.807, 2.05) is 19.2 Å². The van der Waals surface area contributed by atoms with Gasteiger partial charge in [0.15, 0.2) is 4.34 Å². The van der Waals surface area contributed by atoms with Crippen molar-refractivity contribution in [3.63, 3.8) is 0 Å². The van der Waals surface area contributed by atoms with Gasteiger partial charge in [0.2, 0.25) is 5.13 Å². The fourth-order valence-electron chi connectivity index (χ4n) is 1.71. The Bertz CT molecular complexity index is 561. The van der Waals surface area contributed by atoms with Crippen molar-refractivity contribution in [2.75, 3.05) is 24.7 Å². The van der Waals surface area contributed by atoms with Gasteiger partial charge in [0.25, 0.3) is 0 Å². The first-order valence-electron chi connectivity index (χ1n) is 6.86. The number of benzene rings is 1. The number of hydrogen-bond acceptors (Lipinski definition) is 6. The predicted octanol–water partition coefficient (Wildman–Crippen LogP) is 4.05. The van der Waals surface area contributed by atoms with Gasteiger partial charge in [-0.25, -0.2) is 0 Å². The minimum Gasteiger partial charge on any atom is -0.493 e. The molecular formula is C15H21N3OS2. The average molecular weight is 323 g/mol. The Morgan fingerprint density at radius 3 is 2.48 bits per heavy atom. The molecule has 0 unspecified atom stereocenters. The molecule has 0 spiro atoms. The summed E-state index contributed by atoms with van der Waals surface area (Å²) in [6.45, 7) is 7.29. The van der Waals surface area contributed by atoms with Crippen molar-refractivity contribution in [2.24, 2.45) is 0 Å². The zero-order chi connectivity index (χ0) is 15.3. The molecule has 0 aliphatic heterocycles. The number of nitrogens with zero attached hydrogens (tertiary/aromatic N) is 2. The van der Waals surface area contributed by atoms with Gasteiger partial charge in [0.1, 0.15) is 5.75 Å². The third-order valence-corrected chi connectivity index (χ3v) is 4.96. The van der Waals surface area contributed by atoms with E-state index >= 15 is 0 Å². The summed E-state index contributed by atoms with van der Waals surface area (Å²) in [6, 6.07) is 8.34. The Morgan fingerprint density at radius 1 is 1.19 bits per heavy atom. The topological polar surface area (TPSA) is 47.0 Å². The number of ether oxygens (including phenoxy) is 1. The van der Waals surface area contributed by atoms with Crippen LogP contribution in [-0.2, 0) is 5.41 Å². The van der Waals surface area contributed by atoms with Crippen LogP contribution in [0.25, 0.3) is 0 Å². The normalized spacial score (nSPS) is 11.4. The second kappa shape index (κ2) is 7.13. The van der Waals surface area contributed by atoms with Crippen molar-refractivity contribution in [1.82, 2.24) is 10.2 Å². The van der Waals surface area contributed by atoms with E-state index in [1.54, 1.807) is 23.1 Å². The third kappa shape index (κ3) is 4.89. The molecule has 1 heterocycles. The highest BCUT2D eigenvalue weighted by molar-refractivity contribution is 8.01. The number of anilines is 1. The smallest absolute Gasteiger partial charge is 0.206 e. The molecule has 1 N–H and O–H groups in total. The molecule has 0 aliphatic carbocycles. The van der Waals surface area contributed by atoms with E-state index in [0.717, 1.165) is 21.0 Å². The zero-order valence-electron chi connectivity index (χ0n) is 12.8. The summed E-state index contributed by atoms with van der Waals surface area (Å²) in [5, 5.41) is 11.9. The lowest BCUT2D eigenvalue weighted by Gasteiger charge is -2.19. The summed E-state index contributed by atoms with van der Waals surface area (Å²) in [6.07, 6.45) is 0. The number of nitrogens with one attached hydrogen (secondary N) is 1. The van der Waals surface area contributed by atoms with Gasteiger partial charge in [-0.1, -0.05) is 56.0 Å². The van der Waals surface area contributed by atoms with Gasteiger partial charge in [-0.3, -0.25) is 0 Å². The van der Waals surface area contributed by atoms with Crippen LogP contribution in [0.3, 0.4) is 0 Å². The molecule has 0 aliphatic rings. The molecule has 0 fully saturated rings. The molecule has 1 aromatic heterocycles. The van der Waals surface area contributed by atoms with Crippen LogP contribution >= 0.6 is 23.1 Å². The van der Waals surface area contributed by atoms with Crippen LogP contribution in [0, 0.1) is 0 Å². The molecule has 0 amide bonds. The Hall–Kier alpha value is -1.27. The fraction of sp³-hybridized carbons (Fsp3) is 0.467. The molecule has 6 heteroatoms. The highest BCUT2D eigenvalue weighted by atomic mass is 32.2. The van der Waals surface area contributed by atoms with E-state index in [-0.39, 0.29) is 5.41 Å². The molecule has 0 bridgehead atoms. The molecular weight excluding hydrogens is 302 g/mol. The SMILES string of the molecule is CNc1nnc(SCCOc2ccc(C(C)(C)C)cc2)s1. The second-order valence-electron chi connectivity index (χ2n) is 5.59. The van der Waals surface area contributed by atoms with E-state index in [1.165, 1.54) is 5.56 Å². The first kappa shape index (κ1) is 16.1. The Balaban J connectivity index is 1.76. The van der Waals surface area contributed by atoms with Crippen LogP contribution in [0.5, 0.6) is 5.75 Å². The predicted molar refractivity (Wildman–Crippen MR) is 90.8 cm³/mol. The summed E-state index contributed by atoms with van der Waals surface area (Å²) in [5.74, 6) is 1.77. The van der Waals surface area contributed by atoms with Crippen LogP contribution in [0.4, 0.5) is 5.13 Å². The van der Waals surface area contributed by atoms with E-state index in [4.69, 9.17) is 4.74 Å². The summed E-state index contributed by atoms with van der Waals surface area (Å²) in [5.41, 5.74) is 1.50. The zero-order valence-corrected chi connectivity index (χ0v) is 14.5. The Kier molecular flexibility index (Phi) is 5.47. The molecule has 0 saturated carbocycles. The maximum Gasteiger partial charge on any atom is 0.206 e. The van der Waals surface area contributed by atoms with Gasteiger partial charge in [0.05, 0.1) is 6.61 Å².